The quantitative estimate of drug-likeness (QED) is 0.933. The summed E-state index contributed by atoms with van der Waals surface area (Å²) >= 11 is 0. The minimum absolute atomic E-state index is 0.131. The SMILES string of the molecule is C[C@H](NC(=O)c1ccoc1)c1ccc2c(c1)OCCO2. The van der Waals surface area contributed by atoms with Gasteiger partial charge in [-0.1, -0.05) is 6.07 Å². The molecule has 0 bridgehead atoms. The third kappa shape index (κ3) is 2.47. The number of benzene rings is 1. The number of ether oxygens (including phenoxy) is 2. The summed E-state index contributed by atoms with van der Waals surface area (Å²) in [4.78, 5) is 12.0. The summed E-state index contributed by atoms with van der Waals surface area (Å²) in [6, 6.07) is 7.19. The standard InChI is InChI=1S/C15H15NO4/c1-10(16-15(17)12-4-5-18-9-12)11-2-3-13-14(8-11)20-7-6-19-13/h2-5,8-10H,6-7H2,1H3,(H,16,17)/t10-/m0/s1. The number of rotatable bonds is 3. The highest BCUT2D eigenvalue weighted by molar-refractivity contribution is 5.94. The van der Waals surface area contributed by atoms with Gasteiger partial charge in [-0.05, 0) is 30.7 Å². The Morgan fingerprint density at radius 2 is 2.00 bits per heavy atom. The summed E-state index contributed by atoms with van der Waals surface area (Å²) in [5.41, 5.74) is 1.47. The van der Waals surface area contributed by atoms with Crippen LogP contribution in [-0.4, -0.2) is 19.1 Å². The maximum atomic E-state index is 12.0. The molecule has 1 aliphatic heterocycles. The van der Waals surface area contributed by atoms with Crippen LogP contribution in [0.15, 0.2) is 41.2 Å². The first-order valence-corrected chi connectivity index (χ1v) is 6.46. The lowest BCUT2D eigenvalue weighted by Gasteiger charge is -2.21. The molecule has 0 spiro atoms. The molecule has 0 aliphatic carbocycles. The Balaban J connectivity index is 1.74. The molecule has 1 aromatic carbocycles. The fraction of sp³-hybridized carbons (Fsp3) is 0.267. The zero-order valence-electron chi connectivity index (χ0n) is 11.1. The van der Waals surface area contributed by atoms with Crippen molar-refractivity contribution in [2.45, 2.75) is 13.0 Å². The number of hydrogen-bond donors (Lipinski definition) is 1. The van der Waals surface area contributed by atoms with E-state index in [1.165, 1.54) is 12.5 Å². The largest absolute Gasteiger partial charge is 0.486 e. The molecule has 1 amide bonds. The summed E-state index contributed by atoms with van der Waals surface area (Å²) in [5, 5.41) is 2.91. The van der Waals surface area contributed by atoms with Gasteiger partial charge in [0.15, 0.2) is 11.5 Å². The van der Waals surface area contributed by atoms with Gasteiger partial charge in [0.05, 0.1) is 17.9 Å². The van der Waals surface area contributed by atoms with Crippen LogP contribution in [0.4, 0.5) is 0 Å². The van der Waals surface area contributed by atoms with E-state index in [0.29, 0.717) is 18.8 Å². The highest BCUT2D eigenvalue weighted by Crippen LogP contribution is 2.32. The number of amides is 1. The normalized spacial score (nSPS) is 14.7. The molecule has 104 valence electrons. The Morgan fingerprint density at radius 3 is 2.75 bits per heavy atom. The maximum absolute atomic E-state index is 12.0. The molecule has 2 aromatic rings. The van der Waals surface area contributed by atoms with Gasteiger partial charge in [0.1, 0.15) is 19.5 Å². The highest BCUT2D eigenvalue weighted by atomic mass is 16.6. The molecule has 5 nitrogen and oxygen atoms in total. The summed E-state index contributed by atoms with van der Waals surface area (Å²) in [5.74, 6) is 1.30. The second kappa shape index (κ2) is 5.28. The molecule has 1 aromatic heterocycles. The minimum Gasteiger partial charge on any atom is -0.486 e. The molecule has 1 N–H and O–H groups in total. The van der Waals surface area contributed by atoms with E-state index in [1.807, 2.05) is 25.1 Å². The van der Waals surface area contributed by atoms with Crippen molar-refractivity contribution in [3.63, 3.8) is 0 Å². The Morgan fingerprint density at radius 1 is 1.20 bits per heavy atom. The lowest BCUT2D eigenvalue weighted by molar-refractivity contribution is 0.0939. The third-order valence-corrected chi connectivity index (χ3v) is 3.20. The van der Waals surface area contributed by atoms with Crippen LogP contribution >= 0.6 is 0 Å². The average molecular weight is 273 g/mol. The van der Waals surface area contributed by atoms with Crippen molar-refractivity contribution in [1.82, 2.24) is 5.32 Å². The van der Waals surface area contributed by atoms with Gasteiger partial charge in [0, 0.05) is 0 Å². The average Bonchev–Trinajstić information content (AvgIpc) is 3.01. The van der Waals surface area contributed by atoms with Gasteiger partial charge in [-0.2, -0.15) is 0 Å². The van der Waals surface area contributed by atoms with Crippen molar-refractivity contribution in [2.75, 3.05) is 13.2 Å². The van der Waals surface area contributed by atoms with Gasteiger partial charge in [0.2, 0.25) is 0 Å². The molecule has 1 atom stereocenters. The summed E-state index contributed by atoms with van der Waals surface area (Å²) in [6.07, 6.45) is 2.90. The number of carbonyl (C=O) groups excluding carboxylic acids is 1. The van der Waals surface area contributed by atoms with E-state index in [9.17, 15) is 4.79 Å². The van der Waals surface area contributed by atoms with E-state index in [0.717, 1.165) is 17.1 Å². The molecule has 0 saturated heterocycles. The molecular weight excluding hydrogens is 258 g/mol. The zero-order chi connectivity index (χ0) is 13.9. The van der Waals surface area contributed by atoms with E-state index >= 15 is 0 Å². The number of fused-ring (bicyclic) bond motifs is 1. The van der Waals surface area contributed by atoms with Crippen LogP contribution in [0.2, 0.25) is 0 Å². The van der Waals surface area contributed by atoms with Crippen molar-refractivity contribution in [2.24, 2.45) is 0 Å². The molecule has 3 rings (SSSR count). The number of nitrogens with one attached hydrogen (secondary N) is 1. The second-order valence-electron chi connectivity index (χ2n) is 4.61. The maximum Gasteiger partial charge on any atom is 0.255 e. The molecule has 1 aliphatic rings. The summed E-state index contributed by atoms with van der Waals surface area (Å²) in [7, 11) is 0. The van der Waals surface area contributed by atoms with Gasteiger partial charge in [-0.3, -0.25) is 4.79 Å². The van der Waals surface area contributed by atoms with E-state index in [4.69, 9.17) is 13.9 Å². The number of hydrogen-bond acceptors (Lipinski definition) is 4. The zero-order valence-corrected chi connectivity index (χ0v) is 11.1. The second-order valence-corrected chi connectivity index (χ2v) is 4.61. The first-order valence-electron chi connectivity index (χ1n) is 6.46. The summed E-state index contributed by atoms with van der Waals surface area (Å²) in [6.45, 7) is 3.04. The van der Waals surface area contributed by atoms with Crippen LogP contribution in [0.5, 0.6) is 11.5 Å². The number of carbonyl (C=O) groups is 1. The lowest BCUT2D eigenvalue weighted by atomic mass is 10.1. The smallest absolute Gasteiger partial charge is 0.255 e. The van der Waals surface area contributed by atoms with Crippen molar-refractivity contribution in [1.29, 1.82) is 0 Å². The predicted molar refractivity (Wildman–Crippen MR) is 72.0 cm³/mol. The fourth-order valence-electron chi connectivity index (χ4n) is 2.09. The fourth-order valence-corrected chi connectivity index (χ4v) is 2.09. The highest BCUT2D eigenvalue weighted by Gasteiger charge is 2.16. The van der Waals surface area contributed by atoms with Crippen molar-refractivity contribution in [3.8, 4) is 11.5 Å². The van der Waals surface area contributed by atoms with E-state index in [1.54, 1.807) is 6.07 Å². The molecule has 5 heteroatoms. The Labute approximate surface area is 116 Å². The monoisotopic (exact) mass is 273 g/mol. The molecule has 0 radical (unpaired) electrons. The molecule has 0 fully saturated rings. The van der Waals surface area contributed by atoms with Gasteiger partial charge >= 0.3 is 0 Å². The van der Waals surface area contributed by atoms with Gasteiger partial charge in [0.25, 0.3) is 5.91 Å². The van der Waals surface area contributed by atoms with Crippen molar-refractivity contribution < 1.29 is 18.7 Å². The Kier molecular flexibility index (Phi) is 3.33. The molecule has 0 unspecified atom stereocenters. The lowest BCUT2D eigenvalue weighted by Crippen LogP contribution is -2.26. The molecule has 20 heavy (non-hydrogen) atoms. The minimum atomic E-state index is -0.166. The van der Waals surface area contributed by atoms with Gasteiger partial charge in [-0.25, -0.2) is 0 Å². The van der Waals surface area contributed by atoms with E-state index in [2.05, 4.69) is 5.32 Å². The summed E-state index contributed by atoms with van der Waals surface area (Å²) < 4.78 is 15.9. The van der Waals surface area contributed by atoms with E-state index < -0.39 is 0 Å². The van der Waals surface area contributed by atoms with Gasteiger partial charge in [-0.15, -0.1) is 0 Å². The van der Waals surface area contributed by atoms with Crippen molar-refractivity contribution in [3.05, 3.63) is 47.9 Å². The first kappa shape index (κ1) is 12.6. The first-order chi connectivity index (χ1) is 9.74. The molecular formula is C15H15NO4. The topological polar surface area (TPSA) is 60.7 Å². The predicted octanol–water partition coefficient (Wildman–Crippen LogP) is 2.54. The van der Waals surface area contributed by atoms with Crippen LogP contribution in [-0.2, 0) is 0 Å². The Bertz CT molecular complexity index is 606. The van der Waals surface area contributed by atoms with E-state index in [-0.39, 0.29) is 11.9 Å². The van der Waals surface area contributed by atoms with Crippen LogP contribution in [0, 0.1) is 0 Å². The van der Waals surface area contributed by atoms with Crippen LogP contribution in [0.3, 0.4) is 0 Å². The van der Waals surface area contributed by atoms with Crippen LogP contribution < -0.4 is 14.8 Å². The molecule has 2 heterocycles. The van der Waals surface area contributed by atoms with Crippen LogP contribution in [0.25, 0.3) is 0 Å². The van der Waals surface area contributed by atoms with Crippen LogP contribution in [0.1, 0.15) is 28.9 Å². The van der Waals surface area contributed by atoms with Gasteiger partial charge < -0.3 is 19.2 Å². The third-order valence-electron chi connectivity index (χ3n) is 3.20. The Hall–Kier alpha value is -2.43. The number of furan rings is 1. The van der Waals surface area contributed by atoms with Crippen molar-refractivity contribution >= 4 is 5.91 Å². The molecule has 0 saturated carbocycles.